The van der Waals surface area contributed by atoms with Crippen LogP contribution in [0.25, 0.3) is 10.2 Å². The predicted molar refractivity (Wildman–Crippen MR) is 106 cm³/mol. The first-order valence-electron chi connectivity index (χ1n) is 8.67. The minimum Gasteiger partial charge on any atom is -0.345 e. The van der Waals surface area contributed by atoms with Gasteiger partial charge in [-0.1, -0.05) is 30.4 Å². The summed E-state index contributed by atoms with van der Waals surface area (Å²) >= 11 is 3.41. The second-order valence-corrected chi connectivity index (χ2v) is 8.32. The highest BCUT2D eigenvalue weighted by molar-refractivity contribution is 7.22. The van der Waals surface area contributed by atoms with Crippen molar-refractivity contribution in [3.05, 3.63) is 46.2 Å². The fourth-order valence-corrected chi connectivity index (χ4v) is 4.91. The third-order valence-electron chi connectivity index (χ3n) is 4.66. The van der Waals surface area contributed by atoms with Crippen molar-refractivity contribution in [2.75, 3.05) is 31.1 Å². The van der Waals surface area contributed by atoms with Gasteiger partial charge in [-0.05, 0) is 35.6 Å². The monoisotopic (exact) mass is 371 g/mol. The second-order valence-electron chi connectivity index (χ2n) is 6.28. The molecule has 0 atom stereocenters. The van der Waals surface area contributed by atoms with Gasteiger partial charge in [0.1, 0.15) is 0 Å². The highest BCUT2D eigenvalue weighted by Crippen LogP contribution is 2.30. The van der Waals surface area contributed by atoms with Crippen LogP contribution in [0, 0.1) is 0 Å². The highest BCUT2D eigenvalue weighted by atomic mass is 32.1. The van der Waals surface area contributed by atoms with Crippen LogP contribution in [0.1, 0.15) is 17.4 Å². The molecule has 25 heavy (non-hydrogen) atoms. The number of rotatable bonds is 4. The van der Waals surface area contributed by atoms with Crippen LogP contribution in [-0.4, -0.2) is 42.0 Å². The Labute approximate surface area is 155 Å². The summed E-state index contributed by atoms with van der Waals surface area (Å²) in [6.45, 7) is 5.45. The number of thiazole rings is 1. The van der Waals surface area contributed by atoms with Crippen LogP contribution in [0.2, 0.25) is 0 Å². The number of hydrogen-bond acceptors (Lipinski definition) is 5. The summed E-state index contributed by atoms with van der Waals surface area (Å²) in [6, 6.07) is 10.6. The summed E-state index contributed by atoms with van der Waals surface area (Å²) in [5.41, 5.74) is 2.43. The number of hydrogen-bond donors (Lipinski definition) is 0. The topological polar surface area (TPSA) is 36.4 Å². The summed E-state index contributed by atoms with van der Waals surface area (Å²) in [4.78, 5) is 22.6. The van der Waals surface area contributed by atoms with Crippen LogP contribution in [0.4, 0.5) is 5.13 Å². The number of aromatic nitrogens is 1. The minimum absolute atomic E-state index is 0.235. The molecule has 0 radical (unpaired) electrons. The molecule has 4 rings (SSSR count). The third kappa shape index (κ3) is 3.55. The van der Waals surface area contributed by atoms with Crippen molar-refractivity contribution < 1.29 is 4.79 Å². The van der Waals surface area contributed by atoms with E-state index in [1.54, 1.807) is 22.7 Å². The first-order valence-corrected chi connectivity index (χ1v) is 10.4. The SMILES string of the molecule is CCc1ccc2nc(N3CCN(C(=O)Cc4cccs4)CC3)sc2c1. The van der Waals surface area contributed by atoms with Crippen LogP contribution < -0.4 is 4.90 Å². The second kappa shape index (κ2) is 7.14. The maximum Gasteiger partial charge on any atom is 0.227 e. The molecule has 3 heterocycles. The summed E-state index contributed by atoms with van der Waals surface area (Å²) in [6.07, 6.45) is 1.58. The van der Waals surface area contributed by atoms with E-state index in [1.807, 2.05) is 22.4 Å². The third-order valence-corrected chi connectivity index (χ3v) is 6.61. The van der Waals surface area contributed by atoms with E-state index in [9.17, 15) is 4.79 Å². The Bertz CT molecular complexity index is 864. The molecule has 0 aliphatic carbocycles. The molecule has 1 aromatic carbocycles. The van der Waals surface area contributed by atoms with E-state index >= 15 is 0 Å². The first kappa shape index (κ1) is 16.5. The van der Waals surface area contributed by atoms with Gasteiger partial charge < -0.3 is 9.80 Å². The van der Waals surface area contributed by atoms with Crippen LogP contribution in [-0.2, 0) is 17.6 Å². The number of piperazine rings is 1. The Morgan fingerprint density at radius 3 is 2.76 bits per heavy atom. The fraction of sp³-hybridized carbons (Fsp3) is 0.368. The maximum atomic E-state index is 12.4. The van der Waals surface area contributed by atoms with Gasteiger partial charge in [-0.3, -0.25) is 4.79 Å². The molecule has 0 spiro atoms. The Morgan fingerprint density at radius 2 is 2.04 bits per heavy atom. The van der Waals surface area contributed by atoms with Gasteiger partial charge in [0.05, 0.1) is 16.6 Å². The summed E-state index contributed by atoms with van der Waals surface area (Å²) in [7, 11) is 0. The van der Waals surface area contributed by atoms with E-state index < -0.39 is 0 Å². The lowest BCUT2D eigenvalue weighted by atomic mass is 10.2. The number of thiophene rings is 1. The summed E-state index contributed by atoms with van der Waals surface area (Å²) in [5, 5.41) is 3.10. The molecular formula is C19H21N3OS2. The molecule has 0 unspecified atom stereocenters. The van der Waals surface area contributed by atoms with Crippen LogP contribution in [0.15, 0.2) is 35.7 Å². The van der Waals surface area contributed by atoms with E-state index in [4.69, 9.17) is 4.98 Å². The molecule has 2 aromatic heterocycles. The average molecular weight is 372 g/mol. The molecule has 4 nitrogen and oxygen atoms in total. The van der Waals surface area contributed by atoms with Gasteiger partial charge in [0, 0.05) is 31.1 Å². The van der Waals surface area contributed by atoms with Crippen LogP contribution >= 0.6 is 22.7 Å². The van der Waals surface area contributed by atoms with Crippen LogP contribution in [0.5, 0.6) is 0 Å². The zero-order valence-corrected chi connectivity index (χ0v) is 15.9. The van der Waals surface area contributed by atoms with Crippen molar-refractivity contribution in [3.8, 4) is 0 Å². The van der Waals surface area contributed by atoms with Crippen molar-refractivity contribution in [1.82, 2.24) is 9.88 Å². The number of fused-ring (bicyclic) bond motifs is 1. The number of nitrogens with zero attached hydrogens (tertiary/aromatic N) is 3. The molecule has 1 saturated heterocycles. The molecule has 3 aromatic rings. The minimum atomic E-state index is 0.235. The zero-order chi connectivity index (χ0) is 17.2. The van der Waals surface area contributed by atoms with Crippen molar-refractivity contribution in [2.45, 2.75) is 19.8 Å². The lowest BCUT2D eigenvalue weighted by Crippen LogP contribution is -2.49. The molecule has 1 aliphatic rings. The summed E-state index contributed by atoms with van der Waals surface area (Å²) < 4.78 is 1.26. The van der Waals surface area contributed by atoms with Crippen molar-refractivity contribution in [3.63, 3.8) is 0 Å². The first-order chi connectivity index (χ1) is 12.2. The normalized spacial score (nSPS) is 15.1. The number of carbonyl (C=O) groups is 1. The standard InChI is InChI=1S/C19H21N3OS2/c1-2-14-5-6-16-17(12-14)25-19(20-16)22-9-7-21(8-10-22)18(23)13-15-4-3-11-24-15/h3-6,11-12H,2,7-10,13H2,1H3. The predicted octanol–water partition coefficient (Wildman–Crippen LogP) is 3.81. The van der Waals surface area contributed by atoms with E-state index in [1.165, 1.54) is 10.3 Å². The van der Waals surface area contributed by atoms with Gasteiger partial charge >= 0.3 is 0 Å². The lowest BCUT2D eigenvalue weighted by Gasteiger charge is -2.34. The Morgan fingerprint density at radius 1 is 1.20 bits per heavy atom. The smallest absolute Gasteiger partial charge is 0.227 e. The van der Waals surface area contributed by atoms with Crippen molar-refractivity contribution >= 4 is 43.9 Å². The molecule has 130 valence electrons. The fourth-order valence-electron chi connectivity index (χ4n) is 3.13. The molecular weight excluding hydrogens is 350 g/mol. The zero-order valence-electron chi connectivity index (χ0n) is 14.3. The molecule has 1 fully saturated rings. The molecule has 6 heteroatoms. The Hall–Kier alpha value is -1.92. The highest BCUT2D eigenvalue weighted by Gasteiger charge is 2.23. The molecule has 1 aliphatic heterocycles. The van der Waals surface area contributed by atoms with Crippen LogP contribution in [0.3, 0.4) is 0 Å². The van der Waals surface area contributed by atoms with E-state index in [2.05, 4.69) is 30.0 Å². The van der Waals surface area contributed by atoms with E-state index in [0.717, 1.165) is 48.1 Å². The summed E-state index contributed by atoms with van der Waals surface area (Å²) in [5.74, 6) is 0.235. The van der Waals surface area contributed by atoms with E-state index in [-0.39, 0.29) is 5.91 Å². The average Bonchev–Trinajstić information content (AvgIpc) is 3.30. The number of carbonyl (C=O) groups excluding carboxylic acids is 1. The van der Waals surface area contributed by atoms with Crippen molar-refractivity contribution in [1.29, 1.82) is 0 Å². The van der Waals surface area contributed by atoms with Gasteiger partial charge in [-0.2, -0.15) is 0 Å². The number of benzene rings is 1. The lowest BCUT2D eigenvalue weighted by molar-refractivity contribution is -0.130. The number of amides is 1. The molecule has 0 saturated carbocycles. The maximum absolute atomic E-state index is 12.4. The Balaban J connectivity index is 1.40. The van der Waals surface area contributed by atoms with Gasteiger partial charge in [-0.15, -0.1) is 11.3 Å². The van der Waals surface area contributed by atoms with Gasteiger partial charge in [0.2, 0.25) is 5.91 Å². The molecule has 0 N–H and O–H groups in total. The van der Waals surface area contributed by atoms with Gasteiger partial charge in [0.25, 0.3) is 0 Å². The van der Waals surface area contributed by atoms with Gasteiger partial charge in [0.15, 0.2) is 5.13 Å². The quantitative estimate of drug-likeness (QED) is 0.700. The molecule has 1 amide bonds. The number of aryl methyl sites for hydroxylation is 1. The largest absolute Gasteiger partial charge is 0.345 e. The Kier molecular flexibility index (Phi) is 4.72. The number of anilines is 1. The molecule has 0 bridgehead atoms. The van der Waals surface area contributed by atoms with E-state index in [0.29, 0.717) is 6.42 Å². The van der Waals surface area contributed by atoms with Crippen molar-refractivity contribution in [2.24, 2.45) is 0 Å². The van der Waals surface area contributed by atoms with Gasteiger partial charge in [-0.25, -0.2) is 4.98 Å².